The van der Waals surface area contributed by atoms with Crippen LogP contribution < -0.4 is 4.74 Å². The highest BCUT2D eigenvalue weighted by molar-refractivity contribution is 5.91. The Morgan fingerprint density at radius 1 is 1.25 bits per heavy atom. The molecule has 0 fully saturated rings. The fraction of sp³-hybridized carbons (Fsp3) is 0.250. The number of ether oxygens (including phenoxy) is 2. The lowest BCUT2D eigenvalue weighted by molar-refractivity contribution is -0.156. The van der Waals surface area contributed by atoms with Crippen molar-refractivity contribution in [2.75, 3.05) is 13.2 Å². The number of benzene rings is 2. The Balaban J connectivity index is 2.14. The molecule has 0 aromatic heterocycles. The zero-order valence-electron chi connectivity index (χ0n) is 13.6. The van der Waals surface area contributed by atoms with Gasteiger partial charge >= 0.3 is 5.97 Å². The van der Waals surface area contributed by atoms with Crippen molar-refractivity contribution >= 4 is 11.5 Å². The zero-order valence-corrected chi connectivity index (χ0v) is 13.6. The van der Waals surface area contributed by atoms with Gasteiger partial charge < -0.3 is 14.6 Å². The summed E-state index contributed by atoms with van der Waals surface area (Å²) in [5.41, 5.74) is 0.246. The largest absolute Gasteiger partial charge is 0.490 e. The quantitative estimate of drug-likeness (QED) is 0.881. The van der Waals surface area contributed by atoms with E-state index in [9.17, 15) is 9.90 Å². The smallest absolute Gasteiger partial charge is 0.316 e. The minimum Gasteiger partial charge on any atom is -0.490 e. The third-order valence-corrected chi connectivity index (χ3v) is 4.30. The summed E-state index contributed by atoms with van der Waals surface area (Å²) in [7, 11) is 0. The molecule has 2 aromatic rings. The van der Waals surface area contributed by atoms with Gasteiger partial charge in [-0.05, 0) is 24.1 Å². The van der Waals surface area contributed by atoms with Crippen LogP contribution in [0.4, 0.5) is 0 Å². The topological polar surface area (TPSA) is 55.8 Å². The van der Waals surface area contributed by atoms with Crippen molar-refractivity contribution in [2.45, 2.75) is 12.5 Å². The molecule has 1 aliphatic heterocycles. The fourth-order valence-corrected chi connectivity index (χ4v) is 3.11. The van der Waals surface area contributed by atoms with Crippen LogP contribution in [0, 0.1) is 5.92 Å². The van der Waals surface area contributed by atoms with Crippen LogP contribution in [0.25, 0.3) is 5.57 Å². The van der Waals surface area contributed by atoms with E-state index in [1.165, 1.54) is 0 Å². The van der Waals surface area contributed by atoms with Crippen LogP contribution >= 0.6 is 0 Å². The van der Waals surface area contributed by atoms with E-state index >= 15 is 0 Å². The van der Waals surface area contributed by atoms with Crippen molar-refractivity contribution in [1.29, 1.82) is 0 Å². The van der Waals surface area contributed by atoms with Gasteiger partial charge in [0.1, 0.15) is 23.9 Å². The van der Waals surface area contributed by atoms with Gasteiger partial charge in [0.15, 0.2) is 0 Å². The first-order valence-corrected chi connectivity index (χ1v) is 7.93. The first-order chi connectivity index (χ1) is 11.6. The number of carbonyl (C=O) groups excluding carboxylic acids is 1. The van der Waals surface area contributed by atoms with E-state index in [1.54, 1.807) is 25.1 Å². The summed E-state index contributed by atoms with van der Waals surface area (Å²) in [6, 6.07) is 16.4. The number of hydrogen-bond donors (Lipinski definition) is 1. The van der Waals surface area contributed by atoms with Crippen molar-refractivity contribution in [3.63, 3.8) is 0 Å². The lowest BCUT2D eigenvalue weighted by atomic mass is 9.76. The van der Waals surface area contributed by atoms with Crippen molar-refractivity contribution in [3.8, 4) is 5.75 Å². The molecule has 2 aromatic carbocycles. The number of para-hydroxylation sites is 1. The zero-order chi connectivity index (χ0) is 17.2. The number of fused-ring (bicyclic) bond motifs is 1. The Hall–Kier alpha value is -2.59. The standard InChI is InChI=1S/C20H20O4/c1-3-23-19(21)18-14(2)16-11-7-8-12-17(16)24-13-20(18,22)15-9-5-4-6-10-15/h4-12,18,22H,2-3,13H2,1H3. The van der Waals surface area contributed by atoms with Gasteiger partial charge in [0.05, 0.1) is 6.61 Å². The third-order valence-electron chi connectivity index (χ3n) is 4.30. The predicted molar refractivity (Wildman–Crippen MR) is 91.4 cm³/mol. The van der Waals surface area contributed by atoms with E-state index in [4.69, 9.17) is 9.47 Å². The van der Waals surface area contributed by atoms with Gasteiger partial charge in [0, 0.05) is 5.56 Å². The predicted octanol–water partition coefficient (Wildman–Crippen LogP) is 3.16. The van der Waals surface area contributed by atoms with Gasteiger partial charge in [0.25, 0.3) is 0 Å². The second kappa shape index (κ2) is 6.49. The molecule has 0 saturated heterocycles. The molecule has 1 aliphatic rings. The van der Waals surface area contributed by atoms with E-state index in [2.05, 4.69) is 6.58 Å². The van der Waals surface area contributed by atoms with Gasteiger partial charge in [-0.1, -0.05) is 55.1 Å². The van der Waals surface area contributed by atoms with Crippen molar-refractivity contribution in [3.05, 3.63) is 72.3 Å². The molecule has 0 bridgehead atoms. The Bertz CT molecular complexity index is 753. The van der Waals surface area contributed by atoms with Gasteiger partial charge in [-0.3, -0.25) is 4.79 Å². The van der Waals surface area contributed by atoms with Gasteiger partial charge in [-0.15, -0.1) is 0 Å². The highest BCUT2D eigenvalue weighted by Crippen LogP contribution is 2.44. The molecule has 0 amide bonds. The van der Waals surface area contributed by atoms with Crippen LogP contribution in [0.1, 0.15) is 18.1 Å². The molecule has 3 rings (SSSR count). The third kappa shape index (κ3) is 2.69. The molecule has 124 valence electrons. The van der Waals surface area contributed by atoms with E-state index in [-0.39, 0.29) is 13.2 Å². The molecule has 4 heteroatoms. The minimum atomic E-state index is -1.55. The van der Waals surface area contributed by atoms with Gasteiger partial charge in [-0.2, -0.15) is 0 Å². The van der Waals surface area contributed by atoms with Gasteiger partial charge in [0.2, 0.25) is 0 Å². The molecule has 2 unspecified atom stereocenters. The first kappa shape index (κ1) is 16.3. The number of hydrogen-bond acceptors (Lipinski definition) is 4. The summed E-state index contributed by atoms with van der Waals surface area (Å²) >= 11 is 0. The SMILES string of the molecule is C=C1c2ccccc2OCC(O)(c2ccccc2)C1C(=O)OCC. The lowest BCUT2D eigenvalue weighted by Crippen LogP contribution is -2.44. The van der Waals surface area contributed by atoms with Crippen LogP contribution in [0.3, 0.4) is 0 Å². The monoisotopic (exact) mass is 324 g/mol. The summed E-state index contributed by atoms with van der Waals surface area (Å²) < 4.78 is 11.1. The number of rotatable bonds is 3. The van der Waals surface area contributed by atoms with Crippen molar-refractivity contribution in [1.82, 2.24) is 0 Å². The maximum atomic E-state index is 12.7. The molecule has 0 saturated carbocycles. The van der Waals surface area contributed by atoms with Crippen LogP contribution in [-0.4, -0.2) is 24.3 Å². The van der Waals surface area contributed by atoms with Gasteiger partial charge in [-0.25, -0.2) is 0 Å². The Morgan fingerprint density at radius 2 is 1.92 bits per heavy atom. The van der Waals surface area contributed by atoms with Crippen molar-refractivity contribution in [2.24, 2.45) is 5.92 Å². The molecule has 1 N–H and O–H groups in total. The summed E-state index contributed by atoms with van der Waals surface area (Å²) in [4.78, 5) is 12.7. The van der Waals surface area contributed by atoms with E-state index in [0.717, 1.165) is 0 Å². The molecule has 0 aliphatic carbocycles. The average molecular weight is 324 g/mol. The molecule has 24 heavy (non-hydrogen) atoms. The Labute approximate surface area is 141 Å². The summed E-state index contributed by atoms with van der Waals surface area (Å²) in [5.74, 6) is -0.846. The van der Waals surface area contributed by atoms with Crippen LogP contribution in [0.2, 0.25) is 0 Å². The summed E-state index contributed by atoms with van der Waals surface area (Å²) in [5, 5.41) is 11.4. The molecular formula is C20H20O4. The Kier molecular flexibility index (Phi) is 4.40. The van der Waals surface area contributed by atoms with E-state index < -0.39 is 17.5 Å². The molecular weight excluding hydrogens is 304 g/mol. The normalized spacial score (nSPS) is 22.9. The fourth-order valence-electron chi connectivity index (χ4n) is 3.11. The number of carbonyl (C=O) groups is 1. The van der Waals surface area contributed by atoms with E-state index in [0.29, 0.717) is 22.4 Å². The minimum absolute atomic E-state index is 0.0590. The molecule has 2 atom stereocenters. The average Bonchev–Trinajstić information content (AvgIpc) is 2.72. The number of esters is 1. The van der Waals surface area contributed by atoms with Crippen LogP contribution in [0.5, 0.6) is 5.75 Å². The lowest BCUT2D eigenvalue weighted by Gasteiger charge is -2.33. The highest BCUT2D eigenvalue weighted by atomic mass is 16.5. The molecule has 0 radical (unpaired) electrons. The maximum Gasteiger partial charge on any atom is 0.316 e. The van der Waals surface area contributed by atoms with E-state index in [1.807, 2.05) is 36.4 Å². The first-order valence-electron chi connectivity index (χ1n) is 7.93. The molecule has 4 nitrogen and oxygen atoms in total. The van der Waals surface area contributed by atoms with Crippen LogP contribution in [0.15, 0.2) is 61.2 Å². The second-order valence-corrected chi connectivity index (χ2v) is 5.79. The number of aliphatic hydroxyl groups is 1. The van der Waals surface area contributed by atoms with Crippen molar-refractivity contribution < 1.29 is 19.4 Å². The molecule has 0 spiro atoms. The summed E-state index contributed by atoms with van der Waals surface area (Å²) in [6.45, 7) is 5.99. The summed E-state index contributed by atoms with van der Waals surface area (Å²) in [6.07, 6.45) is 0. The Morgan fingerprint density at radius 3 is 2.62 bits per heavy atom. The maximum absolute atomic E-state index is 12.7. The highest BCUT2D eigenvalue weighted by Gasteiger charge is 2.48. The van der Waals surface area contributed by atoms with Crippen LogP contribution in [-0.2, 0) is 15.1 Å². The molecule has 1 heterocycles. The second-order valence-electron chi connectivity index (χ2n) is 5.79.